The van der Waals surface area contributed by atoms with Crippen LogP contribution in [0.4, 0.5) is 0 Å². The number of rotatable bonds is 4. The molecule has 2 fully saturated rings. The van der Waals surface area contributed by atoms with E-state index in [2.05, 4.69) is 5.32 Å². The molecular weight excluding hydrogens is 232 g/mol. The van der Waals surface area contributed by atoms with Crippen LogP contribution in [-0.2, 0) is 14.3 Å². The average molecular weight is 254 g/mol. The minimum Gasteiger partial charge on any atom is -0.372 e. The predicted molar refractivity (Wildman–Crippen MR) is 66.9 cm³/mol. The van der Waals surface area contributed by atoms with Gasteiger partial charge in [0, 0.05) is 32.2 Å². The van der Waals surface area contributed by atoms with E-state index in [1.54, 1.807) is 14.0 Å². The highest BCUT2D eigenvalue weighted by atomic mass is 16.5. The molecule has 0 spiro atoms. The second-order valence-corrected chi connectivity index (χ2v) is 5.26. The molecule has 0 radical (unpaired) electrons. The lowest BCUT2D eigenvalue weighted by molar-refractivity contribution is -0.142. The number of carbonyl (C=O) groups is 2. The number of nitrogens with zero attached hydrogens (tertiary/aromatic N) is 1. The van der Waals surface area contributed by atoms with Gasteiger partial charge < -0.3 is 15.0 Å². The average Bonchev–Trinajstić information content (AvgIpc) is 3.22. The molecule has 1 N–H and O–H groups in total. The molecule has 0 aromatic rings. The van der Waals surface area contributed by atoms with Crippen LogP contribution >= 0.6 is 0 Å². The molecule has 18 heavy (non-hydrogen) atoms. The summed E-state index contributed by atoms with van der Waals surface area (Å²) in [6.07, 6.45) is 3.40. The van der Waals surface area contributed by atoms with E-state index in [9.17, 15) is 9.59 Å². The fourth-order valence-electron chi connectivity index (χ4n) is 2.27. The highest BCUT2D eigenvalue weighted by molar-refractivity contribution is 5.81. The number of likely N-dealkylation sites (tertiary alicyclic amines) is 1. The second kappa shape index (κ2) is 5.69. The van der Waals surface area contributed by atoms with Crippen molar-refractivity contribution >= 4 is 11.8 Å². The third-order valence-electron chi connectivity index (χ3n) is 3.80. The molecular formula is C13H22N2O3. The van der Waals surface area contributed by atoms with Gasteiger partial charge in [-0.3, -0.25) is 9.59 Å². The van der Waals surface area contributed by atoms with Gasteiger partial charge in [-0.1, -0.05) is 0 Å². The van der Waals surface area contributed by atoms with E-state index in [1.165, 1.54) is 0 Å². The van der Waals surface area contributed by atoms with Crippen molar-refractivity contribution in [2.45, 2.75) is 44.8 Å². The Hall–Kier alpha value is -1.10. The molecule has 0 bridgehead atoms. The Kier molecular flexibility index (Phi) is 4.22. The maximum Gasteiger partial charge on any atom is 0.251 e. The Morgan fingerprint density at radius 2 is 1.83 bits per heavy atom. The van der Waals surface area contributed by atoms with E-state index >= 15 is 0 Å². The molecule has 1 unspecified atom stereocenters. The highest BCUT2D eigenvalue weighted by Crippen LogP contribution is 2.29. The normalized spacial score (nSPS) is 22.7. The van der Waals surface area contributed by atoms with Gasteiger partial charge in [-0.25, -0.2) is 0 Å². The van der Waals surface area contributed by atoms with Crippen molar-refractivity contribution in [3.63, 3.8) is 0 Å². The van der Waals surface area contributed by atoms with Crippen LogP contribution < -0.4 is 5.32 Å². The Balaban J connectivity index is 1.73. The first kappa shape index (κ1) is 13.3. The van der Waals surface area contributed by atoms with Crippen LogP contribution in [0, 0.1) is 5.92 Å². The smallest absolute Gasteiger partial charge is 0.251 e. The lowest BCUT2D eigenvalue weighted by atomic mass is 10.0. The van der Waals surface area contributed by atoms with Gasteiger partial charge in [0.15, 0.2) is 0 Å². The predicted octanol–water partition coefficient (Wildman–Crippen LogP) is 0.538. The van der Waals surface area contributed by atoms with Crippen LogP contribution in [0.15, 0.2) is 0 Å². The number of methoxy groups -OCH3 is 1. The minimum atomic E-state index is -0.373. The van der Waals surface area contributed by atoms with Gasteiger partial charge in [0.1, 0.15) is 6.10 Å². The molecule has 2 amide bonds. The van der Waals surface area contributed by atoms with Gasteiger partial charge in [0.05, 0.1) is 0 Å². The molecule has 1 aliphatic heterocycles. The number of amides is 2. The zero-order valence-electron chi connectivity index (χ0n) is 11.1. The summed E-state index contributed by atoms with van der Waals surface area (Å²) in [7, 11) is 1.55. The van der Waals surface area contributed by atoms with Crippen LogP contribution in [0.5, 0.6) is 0 Å². The number of hydrogen-bond acceptors (Lipinski definition) is 3. The van der Waals surface area contributed by atoms with Crippen molar-refractivity contribution in [2.75, 3.05) is 20.2 Å². The van der Waals surface area contributed by atoms with Crippen LogP contribution in [0.3, 0.4) is 0 Å². The van der Waals surface area contributed by atoms with Crippen molar-refractivity contribution < 1.29 is 14.3 Å². The fraction of sp³-hybridized carbons (Fsp3) is 0.846. The number of piperidine rings is 1. The van der Waals surface area contributed by atoms with Gasteiger partial charge in [-0.2, -0.15) is 0 Å². The molecule has 1 atom stereocenters. The van der Waals surface area contributed by atoms with Gasteiger partial charge >= 0.3 is 0 Å². The van der Waals surface area contributed by atoms with Crippen molar-refractivity contribution in [3.8, 4) is 0 Å². The van der Waals surface area contributed by atoms with E-state index in [0.29, 0.717) is 13.1 Å². The van der Waals surface area contributed by atoms with Crippen LogP contribution in [-0.4, -0.2) is 49.1 Å². The first-order valence-corrected chi connectivity index (χ1v) is 6.73. The standard InChI is InChI=1S/C13H22N2O3/c1-9(18-2)13(17)15-7-5-11(6-8-15)14-12(16)10-3-4-10/h9-11H,3-8H2,1-2H3,(H,14,16). The van der Waals surface area contributed by atoms with Gasteiger partial charge in [0.25, 0.3) is 5.91 Å². The molecule has 2 rings (SSSR count). The quantitative estimate of drug-likeness (QED) is 0.796. The van der Waals surface area contributed by atoms with Crippen LogP contribution in [0.2, 0.25) is 0 Å². The maximum atomic E-state index is 11.9. The van der Waals surface area contributed by atoms with Crippen molar-refractivity contribution in [3.05, 3.63) is 0 Å². The topological polar surface area (TPSA) is 58.6 Å². The number of carbonyl (C=O) groups excluding carboxylic acids is 2. The van der Waals surface area contributed by atoms with E-state index in [-0.39, 0.29) is 29.9 Å². The second-order valence-electron chi connectivity index (χ2n) is 5.26. The first-order chi connectivity index (χ1) is 8.61. The molecule has 1 aliphatic carbocycles. The number of ether oxygens (including phenoxy) is 1. The number of hydrogen-bond donors (Lipinski definition) is 1. The van der Waals surface area contributed by atoms with Gasteiger partial charge in [-0.15, -0.1) is 0 Å². The summed E-state index contributed by atoms with van der Waals surface area (Å²) in [5.41, 5.74) is 0. The summed E-state index contributed by atoms with van der Waals surface area (Å²) in [6, 6.07) is 0.236. The number of nitrogens with one attached hydrogen (secondary N) is 1. The molecule has 102 valence electrons. The molecule has 0 aromatic heterocycles. The molecule has 1 heterocycles. The van der Waals surface area contributed by atoms with E-state index in [0.717, 1.165) is 25.7 Å². The van der Waals surface area contributed by atoms with Crippen LogP contribution in [0.25, 0.3) is 0 Å². The molecule has 2 aliphatic rings. The third kappa shape index (κ3) is 3.22. The summed E-state index contributed by atoms with van der Waals surface area (Å²) in [5.74, 6) is 0.507. The third-order valence-corrected chi connectivity index (χ3v) is 3.80. The first-order valence-electron chi connectivity index (χ1n) is 6.73. The lowest BCUT2D eigenvalue weighted by Crippen LogP contribution is -2.49. The summed E-state index contributed by atoms with van der Waals surface area (Å²) < 4.78 is 5.04. The Bertz CT molecular complexity index is 320. The summed E-state index contributed by atoms with van der Waals surface area (Å²) in [5, 5.41) is 3.08. The fourth-order valence-corrected chi connectivity index (χ4v) is 2.27. The summed E-state index contributed by atoms with van der Waals surface area (Å²) in [4.78, 5) is 25.3. The monoisotopic (exact) mass is 254 g/mol. The Morgan fingerprint density at radius 1 is 1.22 bits per heavy atom. The van der Waals surface area contributed by atoms with Gasteiger partial charge in [0.2, 0.25) is 5.91 Å². The zero-order chi connectivity index (χ0) is 13.1. The zero-order valence-corrected chi connectivity index (χ0v) is 11.1. The molecule has 5 heteroatoms. The molecule has 5 nitrogen and oxygen atoms in total. The minimum absolute atomic E-state index is 0.0458. The van der Waals surface area contributed by atoms with E-state index in [1.807, 2.05) is 4.90 Å². The van der Waals surface area contributed by atoms with E-state index < -0.39 is 0 Å². The summed E-state index contributed by atoms with van der Waals surface area (Å²) >= 11 is 0. The van der Waals surface area contributed by atoms with E-state index in [4.69, 9.17) is 4.74 Å². The SMILES string of the molecule is COC(C)C(=O)N1CCC(NC(=O)C2CC2)CC1. The van der Waals surface area contributed by atoms with Crippen molar-refractivity contribution in [2.24, 2.45) is 5.92 Å². The lowest BCUT2D eigenvalue weighted by Gasteiger charge is -2.33. The van der Waals surface area contributed by atoms with Crippen molar-refractivity contribution in [1.29, 1.82) is 0 Å². The largest absolute Gasteiger partial charge is 0.372 e. The highest BCUT2D eigenvalue weighted by Gasteiger charge is 2.32. The Morgan fingerprint density at radius 3 is 2.33 bits per heavy atom. The van der Waals surface area contributed by atoms with Crippen LogP contribution in [0.1, 0.15) is 32.6 Å². The molecule has 0 aromatic carbocycles. The van der Waals surface area contributed by atoms with Crippen molar-refractivity contribution in [1.82, 2.24) is 10.2 Å². The molecule has 1 saturated heterocycles. The summed E-state index contributed by atoms with van der Waals surface area (Å²) in [6.45, 7) is 3.19. The molecule has 1 saturated carbocycles. The maximum absolute atomic E-state index is 11.9. The Labute approximate surface area is 108 Å². The van der Waals surface area contributed by atoms with Gasteiger partial charge in [-0.05, 0) is 32.6 Å².